The maximum absolute atomic E-state index is 11.8. The van der Waals surface area contributed by atoms with Gasteiger partial charge in [-0.05, 0) is 12.3 Å². The zero-order valence-electron chi connectivity index (χ0n) is 14.4. The Kier molecular flexibility index (Phi) is 8.26. The Morgan fingerprint density at radius 1 is 1.17 bits per heavy atom. The number of nitrogens with two attached hydrogens (primary N) is 1. The molecule has 1 aromatic rings. The first kappa shape index (κ1) is 19.1. The van der Waals surface area contributed by atoms with E-state index in [1.165, 1.54) is 0 Å². The molecule has 0 aliphatic heterocycles. The standard InChI is InChI=1S/C17H28N2O4/c1-5-12(2)16(18)17(20)19-7-6-8-23-15-10-13(21-3)9-14(11-15)22-4/h9-12,16H,5-8,18H2,1-4H3,(H,19,20). The number of carbonyl (C=O) groups is 1. The van der Waals surface area contributed by atoms with E-state index < -0.39 is 6.04 Å². The number of carbonyl (C=O) groups excluding carboxylic acids is 1. The second-order valence-corrected chi connectivity index (χ2v) is 5.45. The molecule has 6 nitrogen and oxygen atoms in total. The number of ether oxygens (including phenoxy) is 3. The van der Waals surface area contributed by atoms with Gasteiger partial charge in [-0.1, -0.05) is 20.3 Å². The Balaban J connectivity index is 2.34. The average molecular weight is 324 g/mol. The van der Waals surface area contributed by atoms with Crippen LogP contribution >= 0.6 is 0 Å². The van der Waals surface area contributed by atoms with Crippen molar-refractivity contribution >= 4 is 5.91 Å². The molecule has 0 spiro atoms. The van der Waals surface area contributed by atoms with Gasteiger partial charge in [-0.3, -0.25) is 4.79 Å². The van der Waals surface area contributed by atoms with Gasteiger partial charge >= 0.3 is 0 Å². The van der Waals surface area contributed by atoms with Crippen LogP contribution in [0.2, 0.25) is 0 Å². The topological polar surface area (TPSA) is 82.8 Å². The van der Waals surface area contributed by atoms with Crippen LogP contribution in [-0.2, 0) is 4.79 Å². The fourth-order valence-corrected chi connectivity index (χ4v) is 1.97. The van der Waals surface area contributed by atoms with Crippen LogP contribution in [0.4, 0.5) is 0 Å². The summed E-state index contributed by atoms with van der Waals surface area (Å²) in [5.41, 5.74) is 5.87. The Morgan fingerprint density at radius 3 is 2.26 bits per heavy atom. The van der Waals surface area contributed by atoms with Gasteiger partial charge in [0.15, 0.2) is 0 Å². The van der Waals surface area contributed by atoms with Crippen molar-refractivity contribution in [3.8, 4) is 17.2 Å². The summed E-state index contributed by atoms with van der Waals surface area (Å²) < 4.78 is 16.0. The number of amides is 1. The quantitative estimate of drug-likeness (QED) is 0.643. The summed E-state index contributed by atoms with van der Waals surface area (Å²) in [6.45, 7) is 5.01. The second kappa shape index (κ2) is 9.94. The molecule has 0 fully saturated rings. The first-order valence-corrected chi connectivity index (χ1v) is 7.91. The molecule has 1 aromatic carbocycles. The molecule has 1 amide bonds. The zero-order valence-corrected chi connectivity index (χ0v) is 14.4. The molecule has 0 saturated heterocycles. The predicted molar refractivity (Wildman–Crippen MR) is 90.1 cm³/mol. The highest BCUT2D eigenvalue weighted by Crippen LogP contribution is 2.27. The van der Waals surface area contributed by atoms with Gasteiger partial charge in [0.25, 0.3) is 0 Å². The Hall–Kier alpha value is -1.95. The van der Waals surface area contributed by atoms with Crippen molar-refractivity contribution in [3.05, 3.63) is 18.2 Å². The van der Waals surface area contributed by atoms with Crippen LogP contribution in [0.5, 0.6) is 17.2 Å². The van der Waals surface area contributed by atoms with E-state index in [0.29, 0.717) is 36.8 Å². The lowest BCUT2D eigenvalue weighted by Gasteiger charge is -2.17. The van der Waals surface area contributed by atoms with E-state index in [4.69, 9.17) is 19.9 Å². The molecule has 130 valence electrons. The molecule has 2 atom stereocenters. The van der Waals surface area contributed by atoms with Crippen molar-refractivity contribution in [2.24, 2.45) is 11.7 Å². The summed E-state index contributed by atoms with van der Waals surface area (Å²) >= 11 is 0. The Bertz CT molecular complexity index is 471. The molecule has 2 unspecified atom stereocenters. The molecule has 0 aliphatic carbocycles. The lowest BCUT2D eigenvalue weighted by atomic mass is 9.99. The summed E-state index contributed by atoms with van der Waals surface area (Å²) in [4.78, 5) is 11.8. The highest BCUT2D eigenvalue weighted by Gasteiger charge is 2.18. The number of hydrogen-bond donors (Lipinski definition) is 2. The lowest BCUT2D eigenvalue weighted by molar-refractivity contribution is -0.123. The number of methoxy groups -OCH3 is 2. The molecule has 0 radical (unpaired) electrons. The SMILES string of the molecule is CCC(C)C(N)C(=O)NCCCOc1cc(OC)cc(OC)c1. The highest BCUT2D eigenvalue weighted by molar-refractivity contribution is 5.81. The average Bonchev–Trinajstić information content (AvgIpc) is 2.59. The van der Waals surface area contributed by atoms with Crippen LogP contribution in [-0.4, -0.2) is 39.3 Å². The van der Waals surface area contributed by atoms with Crippen LogP contribution in [0, 0.1) is 5.92 Å². The van der Waals surface area contributed by atoms with E-state index in [1.807, 2.05) is 13.8 Å². The van der Waals surface area contributed by atoms with Gasteiger partial charge in [0, 0.05) is 24.7 Å². The summed E-state index contributed by atoms with van der Waals surface area (Å²) in [6, 6.07) is 4.91. The third kappa shape index (κ3) is 6.36. The fourth-order valence-electron chi connectivity index (χ4n) is 1.97. The van der Waals surface area contributed by atoms with Gasteiger partial charge in [0.2, 0.25) is 5.91 Å². The Morgan fingerprint density at radius 2 is 1.74 bits per heavy atom. The molecule has 23 heavy (non-hydrogen) atoms. The minimum Gasteiger partial charge on any atom is -0.496 e. The normalized spacial score (nSPS) is 13.1. The fraction of sp³-hybridized carbons (Fsp3) is 0.588. The van der Waals surface area contributed by atoms with Gasteiger partial charge in [-0.15, -0.1) is 0 Å². The molecule has 3 N–H and O–H groups in total. The van der Waals surface area contributed by atoms with Crippen LogP contribution in [0.15, 0.2) is 18.2 Å². The maximum Gasteiger partial charge on any atom is 0.237 e. The van der Waals surface area contributed by atoms with Crippen molar-refractivity contribution < 1.29 is 19.0 Å². The molecule has 0 saturated carbocycles. The van der Waals surface area contributed by atoms with Crippen LogP contribution in [0.25, 0.3) is 0 Å². The van der Waals surface area contributed by atoms with Crippen LogP contribution < -0.4 is 25.3 Å². The first-order chi connectivity index (χ1) is 11.0. The smallest absolute Gasteiger partial charge is 0.237 e. The van der Waals surface area contributed by atoms with E-state index in [0.717, 1.165) is 6.42 Å². The van der Waals surface area contributed by atoms with Gasteiger partial charge in [0.1, 0.15) is 17.2 Å². The van der Waals surface area contributed by atoms with Crippen molar-refractivity contribution in [2.45, 2.75) is 32.7 Å². The van der Waals surface area contributed by atoms with Crippen molar-refractivity contribution in [2.75, 3.05) is 27.4 Å². The minimum atomic E-state index is -0.455. The van der Waals surface area contributed by atoms with Gasteiger partial charge in [0.05, 0.1) is 26.9 Å². The van der Waals surface area contributed by atoms with E-state index >= 15 is 0 Å². The number of rotatable bonds is 10. The number of hydrogen-bond acceptors (Lipinski definition) is 5. The van der Waals surface area contributed by atoms with Gasteiger partial charge in [-0.25, -0.2) is 0 Å². The Labute approximate surface area is 138 Å². The molecule has 0 aromatic heterocycles. The van der Waals surface area contributed by atoms with Gasteiger partial charge < -0.3 is 25.3 Å². The van der Waals surface area contributed by atoms with Crippen LogP contribution in [0.3, 0.4) is 0 Å². The number of benzene rings is 1. The third-order valence-electron chi connectivity index (χ3n) is 3.77. The molecule has 0 heterocycles. The summed E-state index contributed by atoms with van der Waals surface area (Å²) in [6.07, 6.45) is 1.58. The highest BCUT2D eigenvalue weighted by atomic mass is 16.5. The molecule has 1 rings (SSSR count). The van der Waals surface area contributed by atoms with Crippen LogP contribution in [0.1, 0.15) is 26.7 Å². The summed E-state index contributed by atoms with van der Waals surface area (Å²) in [5, 5.41) is 2.84. The monoisotopic (exact) mass is 324 g/mol. The van der Waals surface area contributed by atoms with E-state index in [2.05, 4.69) is 5.32 Å². The third-order valence-corrected chi connectivity index (χ3v) is 3.77. The lowest BCUT2D eigenvalue weighted by Crippen LogP contribution is -2.45. The minimum absolute atomic E-state index is 0.109. The second-order valence-electron chi connectivity index (χ2n) is 5.45. The molecular formula is C17H28N2O4. The van der Waals surface area contributed by atoms with E-state index in [-0.39, 0.29) is 11.8 Å². The van der Waals surface area contributed by atoms with E-state index in [1.54, 1.807) is 32.4 Å². The van der Waals surface area contributed by atoms with E-state index in [9.17, 15) is 4.79 Å². The van der Waals surface area contributed by atoms with Crippen molar-refractivity contribution in [3.63, 3.8) is 0 Å². The first-order valence-electron chi connectivity index (χ1n) is 7.91. The van der Waals surface area contributed by atoms with Crippen molar-refractivity contribution in [1.82, 2.24) is 5.32 Å². The molecule has 0 bridgehead atoms. The zero-order chi connectivity index (χ0) is 17.2. The molecule has 6 heteroatoms. The largest absolute Gasteiger partial charge is 0.496 e. The molecule has 0 aliphatic rings. The summed E-state index contributed by atoms with van der Waals surface area (Å²) in [7, 11) is 3.18. The number of nitrogens with one attached hydrogen (secondary N) is 1. The van der Waals surface area contributed by atoms with Gasteiger partial charge in [-0.2, -0.15) is 0 Å². The molecular weight excluding hydrogens is 296 g/mol. The van der Waals surface area contributed by atoms with Crippen molar-refractivity contribution in [1.29, 1.82) is 0 Å². The predicted octanol–water partition coefficient (Wildman–Crippen LogP) is 1.96. The summed E-state index contributed by atoms with van der Waals surface area (Å²) in [5.74, 6) is 2.08. The maximum atomic E-state index is 11.8.